The molecule has 0 bridgehead atoms. The number of fused-ring (bicyclic) bond motifs is 2. The predicted octanol–water partition coefficient (Wildman–Crippen LogP) is 7.01. The number of β-amino-alcohol motifs (C(OH)–C–C–N with tert-alkyl or cyclic N) is 2. The van der Waals surface area contributed by atoms with Crippen LogP contribution in [0.4, 0.5) is 23.0 Å². The van der Waals surface area contributed by atoms with Crippen molar-refractivity contribution in [2.45, 2.75) is 113 Å². The van der Waals surface area contributed by atoms with Crippen molar-refractivity contribution in [3.8, 4) is 22.8 Å². The zero-order valence-electron chi connectivity index (χ0n) is 42.5. The van der Waals surface area contributed by atoms with Crippen LogP contribution in [-0.2, 0) is 35.4 Å². The largest absolute Gasteiger partial charge is 0.390 e. The van der Waals surface area contributed by atoms with E-state index in [1.807, 2.05) is 60.7 Å². The minimum absolute atomic E-state index is 0.0423. The highest BCUT2D eigenvalue weighted by atomic mass is 16.5. The van der Waals surface area contributed by atoms with E-state index < -0.39 is 12.2 Å². The van der Waals surface area contributed by atoms with E-state index in [-0.39, 0.29) is 66.6 Å². The summed E-state index contributed by atoms with van der Waals surface area (Å²) < 4.78 is 11.5. The van der Waals surface area contributed by atoms with Crippen LogP contribution in [0.1, 0.15) is 77.0 Å². The van der Waals surface area contributed by atoms with Gasteiger partial charge >= 0.3 is 0 Å². The number of benzene rings is 4. The highest BCUT2D eigenvalue weighted by Gasteiger charge is 2.42. The third kappa shape index (κ3) is 9.77. The Morgan fingerprint density at radius 3 is 1.31 bits per heavy atom. The van der Waals surface area contributed by atoms with Crippen molar-refractivity contribution in [3.05, 3.63) is 143 Å². The SMILES string of the molecule is COC1CC(Nc2nc(-c3ccccc3)nc(C(=O)c3nc(-c4ccccc4)nc(NC4CC(OC)C4)c3N3CCC(N4CCc5ccccc5C4)C(O)C3)c2N2CCC(N3CCc4ccccc4C3)C(O)C2)C1. The Labute approximate surface area is 434 Å². The minimum atomic E-state index is -0.718. The van der Waals surface area contributed by atoms with Gasteiger partial charge in [-0.2, -0.15) is 0 Å². The summed E-state index contributed by atoms with van der Waals surface area (Å²) in [7, 11) is 3.49. The van der Waals surface area contributed by atoms with Crippen LogP contribution in [0.3, 0.4) is 0 Å². The van der Waals surface area contributed by atoms with Gasteiger partial charge in [0.15, 0.2) is 23.3 Å². The topological polar surface area (TPSA) is 165 Å². The highest BCUT2D eigenvalue weighted by molar-refractivity contribution is 6.15. The third-order valence-electron chi connectivity index (χ3n) is 16.8. The van der Waals surface area contributed by atoms with E-state index in [0.29, 0.717) is 60.6 Å². The number of carbonyl (C=O) groups is 1. The molecule has 15 heteroatoms. The van der Waals surface area contributed by atoms with E-state index in [9.17, 15) is 10.2 Å². The molecule has 2 aromatic heterocycles. The maximum absolute atomic E-state index is 16.5. The number of aromatic nitrogens is 4. The molecule has 6 aliphatic rings. The van der Waals surface area contributed by atoms with Crippen molar-refractivity contribution in [1.82, 2.24) is 29.7 Å². The molecular formula is C59H68N10O5. The van der Waals surface area contributed by atoms with E-state index >= 15 is 4.79 Å². The number of methoxy groups -OCH3 is 2. The summed E-state index contributed by atoms with van der Waals surface area (Å²) in [6, 6.07) is 36.8. The molecule has 2 saturated carbocycles. The van der Waals surface area contributed by atoms with Gasteiger partial charge in [0.05, 0.1) is 24.4 Å². The standard InChI is InChI=1S/C59H68N10O5/c1-73-45-29-43(30-45)60-58-53(68-27-23-47(49(70)35-68)66-25-21-37-13-9-11-19-41(37)33-66)51(62-56(64-58)39-15-5-3-6-16-39)55(72)52-54(59(61-44-31-46(32-44)74-2)65-57(63-52)40-17-7-4-8-18-40)69-28-24-48(50(71)36-69)67-26-22-38-14-10-12-20-42(38)34-67/h3-20,43-50,70-71H,21-36H2,1-2H3,(H,60,62,64)(H,61,63,65). The van der Waals surface area contributed by atoms with Crippen LogP contribution in [-0.4, -0.2) is 148 Å². The molecule has 4 N–H and O–H groups in total. The Morgan fingerprint density at radius 1 is 0.527 bits per heavy atom. The molecule has 4 atom stereocenters. The average Bonchev–Trinajstić information content (AvgIpc) is 3.42. The van der Waals surface area contributed by atoms with Gasteiger partial charge in [0.25, 0.3) is 0 Å². The van der Waals surface area contributed by atoms with E-state index in [0.717, 1.165) is 75.8 Å². The molecule has 15 nitrogen and oxygen atoms in total. The second-order valence-corrected chi connectivity index (χ2v) is 21.3. The summed E-state index contributed by atoms with van der Waals surface area (Å²) in [5.41, 5.74) is 8.36. The zero-order valence-corrected chi connectivity index (χ0v) is 42.5. The Bertz CT molecular complexity index is 2760. The molecule has 384 valence electrons. The van der Waals surface area contributed by atoms with Crippen LogP contribution in [0.15, 0.2) is 109 Å². The van der Waals surface area contributed by atoms with Crippen molar-refractivity contribution in [3.63, 3.8) is 0 Å². The Balaban J connectivity index is 0.970. The first-order chi connectivity index (χ1) is 36.3. The van der Waals surface area contributed by atoms with Gasteiger partial charge in [-0.1, -0.05) is 109 Å². The molecule has 6 heterocycles. The minimum Gasteiger partial charge on any atom is -0.390 e. The molecule has 2 saturated heterocycles. The maximum Gasteiger partial charge on any atom is 0.234 e. The number of ether oxygens (including phenoxy) is 2. The molecule has 74 heavy (non-hydrogen) atoms. The third-order valence-corrected chi connectivity index (χ3v) is 16.8. The van der Waals surface area contributed by atoms with Crippen LogP contribution in [0, 0.1) is 0 Å². The molecule has 4 aliphatic heterocycles. The lowest BCUT2D eigenvalue weighted by molar-refractivity contribution is 0.0292. The summed E-state index contributed by atoms with van der Waals surface area (Å²) in [5.74, 6) is 1.50. The van der Waals surface area contributed by atoms with Crippen molar-refractivity contribution in [2.24, 2.45) is 0 Å². The first-order valence-corrected chi connectivity index (χ1v) is 26.8. The van der Waals surface area contributed by atoms with Crippen LogP contribution in [0.5, 0.6) is 0 Å². The Morgan fingerprint density at radius 2 is 0.919 bits per heavy atom. The average molecular weight is 997 g/mol. The van der Waals surface area contributed by atoms with Gasteiger partial charge in [-0.05, 0) is 73.6 Å². The van der Waals surface area contributed by atoms with Gasteiger partial charge in [-0.25, -0.2) is 19.9 Å². The van der Waals surface area contributed by atoms with Crippen LogP contribution in [0.2, 0.25) is 0 Å². The van der Waals surface area contributed by atoms with Crippen LogP contribution in [0.25, 0.3) is 22.8 Å². The number of nitrogens with one attached hydrogen (secondary N) is 2. The number of piperidine rings is 2. The maximum atomic E-state index is 16.5. The number of carbonyl (C=O) groups excluding carboxylic acids is 1. The number of aliphatic hydroxyl groups excluding tert-OH is 2. The van der Waals surface area contributed by atoms with Gasteiger partial charge in [-0.15, -0.1) is 0 Å². The molecule has 4 unspecified atom stereocenters. The number of hydrogen-bond donors (Lipinski definition) is 4. The molecule has 6 aromatic rings. The van der Waals surface area contributed by atoms with E-state index in [1.54, 1.807) is 14.2 Å². The highest BCUT2D eigenvalue weighted by Crippen LogP contribution is 2.42. The van der Waals surface area contributed by atoms with E-state index in [4.69, 9.17) is 29.4 Å². The van der Waals surface area contributed by atoms with Gasteiger partial charge in [0, 0.05) is 102 Å². The lowest BCUT2D eigenvalue weighted by Crippen LogP contribution is -2.55. The zero-order chi connectivity index (χ0) is 50.3. The number of aliphatic hydroxyl groups is 2. The van der Waals surface area contributed by atoms with Crippen molar-refractivity contribution >= 4 is 28.8 Å². The summed E-state index contributed by atoms with van der Waals surface area (Å²) in [5, 5.41) is 32.2. The number of anilines is 4. The van der Waals surface area contributed by atoms with Gasteiger partial charge in [0.1, 0.15) is 22.8 Å². The molecule has 12 rings (SSSR count). The first-order valence-electron chi connectivity index (χ1n) is 26.8. The fourth-order valence-corrected chi connectivity index (χ4v) is 12.4. The molecule has 0 spiro atoms. The molecule has 0 radical (unpaired) electrons. The van der Waals surface area contributed by atoms with Crippen molar-refractivity contribution < 1.29 is 24.5 Å². The molecule has 2 aliphatic carbocycles. The first kappa shape index (κ1) is 48.6. The normalized spacial score (nSPS) is 26.1. The number of hydrogen-bond acceptors (Lipinski definition) is 15. The summed E-state index contributed by atoms with van der Waals surface area (Å²) in [6.45, 7) is 4.99. The fourth-order valence-electron chi connectivity index (χ4n) is 12.4. The quantitative estimate of drug-likeness (QED) is 0.0824. The van der Waals surface area contributed by atoms with Crippen molar-refractivity contribution in [1.29, 1.82) is 0 Å². The van der Waals surface area contributed by atoms with Gasteiger partial charge in [-0.3, -0.25) is 14.6 Å². The number of nitrogens with zero attached hydrogens (tertiary/aromatic N) is 8. The van der Waals surface area contributed by atoms with Crippen LogP contribution < -0.4 is 20.4 Å². The van der Waals surface area contributed by atoms with E-state index in [1.165, 1.54) is 22.3 Å². The number of ketones is 1. The molecule has 4 aromatic carbocycles. The van der Waals surface area contributed by atoms with E-state index in [2.05, 4.69) is 78.8 Å². The summed E-state index contributed by atoms with van der Waals surface area (Å²) in [6.07, 6.45) is 5.15. The second kappa shape index (κ2) is 21.1. The second-order valence-electron chi connectivity index (χ2n) is 21.3. The monoisotopic (exact) mass is 997 g/mol. The molecule has 4 fully saturated rings. The summed E-state index contributed by atoms with van der Waals surface area (Å²) >= 11 is 0. The van der Waals surface area contributed by atoms with Gasteiger partial charge < -0.3 is 40.1 Å². The Kier molecular flexibility index (Phi) is 13.9. The lowest BCUT2D eigenvalue weighted by Gasteiger charge is -2.45. The molecular weight excluding hydrogens is 929 g/mol. The Hall–Kier alpha value is -6.33. The van der Waals surface area contributed by atoms with Crippen LogP contribution >= 0.6 is 0 Å². The smallest absolute Gasteiger partial charge is 0.234 e. The fraction of sp³-hybridized carbons (Fsp3) is 0.441. The lowest BCUT2D eigenvalue weighted by atomic mass is 9.89. The summed E-state index contributed by atoms with van der Waals surface area (Å²) in [4.78, 5) is 46.8. The number of rotatable bonds is 14. The predicted molar refractivity (Wildman–Crippen MR) is 288 cm³/mol. The molecule has 0 amide bonds. The van der Waals surface area contributed by atoms with Gasteiger partial charge in [0.2, 0.25) is 5.78 Å². The van der Waals surface area contributed by atoms with Crippen molar-refractivity contribution in [2.75, 3.05) is 73.9 Å².